The van der Waals surface area contributed by atoms with Crippen molar-refractivity contribution in [3.63, 3.8) is 0 Å². The van der Waals surface area contributed by atoms with E-state index in [4.69, 9.17) is 18.9 Å². The topological polar surface area (TPSA) is 60.6 Å². The van der Waals surface area contributed by atoms with Crippen LogP contribution < -0.4 is 9.47 Å². The molecule has 2 unspecified atom stereocenters. The number of hydrogen-bond donors (Lipinski definition) is 0. The highest BCUT2D eigenvalue weighted by atomic mass is 16.6. The van der Waals surface area contributed by atoms with Gasteiger partial charge in [0.05, 0.1) is 13.2 Å². The molecule has 0 aromatic heterocycles. The number of epoxide rings is 2. The van der Waals surface area contributed by atoms with E-state index in [2.05, 4.69) is 0 Å². The van der Waals surface area contributed by atoms with E-state index in [0.717, 1.165) is 19.5 Å². The molecule has 2 aliphatic heterocycles. The summed E-state index contributed by atoms with van der Waals surface area (Å²) >= 11 is 0. The summed E-state index contributed by atoms with van der Waals surface area (Å²) < 4.78 is 21.2. The Morgan fingerprint density at radius 1 is 1.06 bits per heavy atom. The van der Waals surface area contributed by atoms with Gasteiger partial charge in [0, 0.05) is 11.6 Å². The van der Waals surface area contributed by atoms with Crippen LogP contribution in [-0.4, -0.2) is 44.9 Å². The normalized spacial score (nSPS) is 24.4. The molecule has 0 radical (unpaired) electrons. The first-order valence-electron chi connectivity index (χ1n) is 5.92. The van der Waals surface area contributed by atoms with Crippen molar-refractivity contribution in [2.75, 3.05) is 26.4 Å². The summed E-state index contributed by atoms with van der Waals surface area (Å²) in [5.41, 5.74) is 0.538. The van der Waals surface area contributed by atoms with Gasteiger partial charge in [-0.2, -0.15) is 0 Å². The molecule has 3 rings (SSSR count). The van der Waals surface area contributed by atoms with Gasteiger partial charge in [0.2, 0.25) is 0 Å². The molecule has 5 heteroatoms. The maximum absolute atomic E-state index is 10.9. The number of benzene rings is 1. The lowest BCUT2D eigenvalue weighted by atomic mass is 10.2. The number of rotatable bonds is 7. The van der Waals surface area contributed by atoms with E-state index in [9.17, 15) is 4.79 Å². The van der Waals surface area contributed by atoms with E-state index in [1.807, 2.05) is 0 Å². The SMILES string of the molecule is O=Cc1cc(OCC2CO2)cc(OCC2CO2)c1. The highest BCUT2D eigenvalue weighted by Gasteiger charge is 2.24. The first-order valence-corrected chi connectivity index (χ1v) is 5.92. The van der Waals surface area contributed by atoms with Gasteiger partial charge in [-0.1, -0.05) is 0 Å². The number of hydrogen-bond acceptors (Lipinski definition) is 5. The maximum Gasteiger partial charge on any atom is 0.150 e. The number of carbonyl (C=O) groups excluding carboxylic acids is 1. The third-order valence-electron chi connectivity index (χ3n) is 2.71. The maximum atomic E-state index is 10.9. The fourth-order valence-electron chi connectivity index (χ4n) is 1.54. The van der Waals surface area contributed by atoms with Gasteiger partial charge in [-0.3, -0.25) is 4.79 Å². The molecule has 1 aromatic carbocycles. The van der Waals surface area contributed by atoms with Gasteiger partial charge in [-0.25, -0.2) is 0 Å². The van der Waals surface area contributed by atoms with Gasteiger partial charge in [0.15, 0.2) is 0 Å². The van der Waals surface area contributed by atoms with Gasteiger partial charge in [-0.15, -0.1) is 0 Å². The lowest BCUT2D eigenvalue weighted by molar-refractivity contribution is 0.112. The van der Waals surface area contributed by atoms with Crippen molar-refractivity contribution in [2.24, 2.45) is 0 Å². The molecule has 18 heavy (non-hydrogen) atoms. The average molecular weight is 250 g/mol. The zero-order chi connectivity index (χ0) is 12.4. The molecule has 2 saturated heterocycles. The zero-order valence-corrected chi connectivity index (χ0v) is 9.83. The van der Waals surface area contributed by atoms with Gasteiger partial charge in [0.1, 0.15) is 43.2 Å². The second-order valence-corrected chi connectivity index (χ2v) is 4.39. The van der Waals surface area contributed by atoms with Crippen LogP contribution >= 0.6 is 0 Å². The van der Waals surface area contributed by atoms with E-state index < -0.39 is 0 Å². The molecule has 2 aliphatic rings. The molecule has 2 heterocycles. The average Bonchev–Trinajstić information content (AvgIpc) is 3.28. The minimum atomic E-state index is 0.189. The van der Waals surface area contributed by atoms with Crippen LogP contribution in [0.5, 0.6) is 11.5 Å². The molecule has 0 saturated carbocycles. The Morgan fingerprint density at radius 3 is 1.94 bits per heavy atom. The van der Waals surface area contributed by atoms with Gasteiger partial charge >= 0.3 is 0 Å². The minimum absolute atomic E-state index is 0.189. The third-order valence-corrected chi connectivity index (χ3v) is 2.71. The first-order chi connectivity index (χ1) is 8.83. The van der Waals surface area contributed by atoms with Crippen molar-refractivity contribution < 1.29 is 23.7 Å². The van der Waals surface area contributed by atoms with Crippen molar-refractivity contribution in [3.05, 3.63) is 23.8 Å². The van der Waals surface area contributed by atoms with Gasteiger partial charge < -0.3 is 18.9 Å². The molecule has 0 bridgehead atoms. The molecule has 2 atom stereocenters. The van der Waals surface area contributed by atoms with Crippen LogP contribution in [0.4, 0.5) is 0 Å². The second-order valence-electron chi connectivity index (χ2n) is 4.39. The van der Waals surface area contributed by atoms with Crippen molar-refractivity contribution in [1.82, 2.24) is 0 Å². The van der Waals surface area contributed by atoms with E-state index in [-0.39, 0.29) is 12.2 Å². The highest BCUT2D eigenvalue weighted by Crippen LogP contribution is 2.24. The fourth-order valence-corrected chi connectivity index (χ4v) is 1.54. The third kappa shape index (κ3) is 3.21. The summed E-state index contributed by atoms with van der Waals surface area (Å²) in [7, 11) is 0. The van der Waals surface area contributed by atoms with Gasteiger partial charge in [-0.05, 0) is 12.1 Å². The molecule has 0 amide bonds. The summed E-state index contributed by atoms with van der Waals surface area (Å²) in [6.07, 6.45) is 1.16. The van der Waals surface area contributed by atoms with Crippen molar-refractivity contribution >= 4 is 6.29 Å². The molecular formula is C13H14O5. The molecule has 5 nitrogen and oxygen atoms in total. The van der Waals surface area contributed by atoms with E-state index in [1.165, 1.54) is 0 Å². The largest absolute Gasteiger partial charge is 0.491 e. The van der Waals surface area contributed by atoms with Crippen LogP contribution in [-0.2, 0) is 9.47 Å². The van der Waals surface area contributed by atoms with Crippen molar-refractivity contribution in [2.45, 2.75) is 12.2 Å². The smallest absolute Gasteiger partial charge is 0.150 e. The molecule has 2 fully saturated rings. The van der Waals surface area contributed by atoms with Crippen molar-refractivity contribution in [1.29, 1.82) is 0 Å². The predicted molar refractivity (Wildman–Crippen MR) is 62.3 cm³/mol. The Kier molecular flexibility index (Phi) is 3.17. The monoisotopic (exact) mass is 250 g/mol. The summed E-state index contributed by atoms with van der Waals surface area (Å²) in [6, 6.07) is 5.16. The Bertz CT molecular complexity index is 403. The second kappa shape index (κ2) is 4.96. The van der Waals surface area contributed by atoms with Crippen LogP contribution in [0.3, 0.4) is 0 Å². The van der Waals surface area contributed by atoms with Crippen LogP contribution in [0, 0.1) is 0 Å². The first kappa shape index (κ1) is 11.5. The Labute approximate surface area is 105 Å². The van der Waals surface area contributed by atoms with E-state index in [1.54, 1.807) is 18.2 Å². The number of ether oxygens (including phenoxy) is 4. The molecule has 1 aromatic rings. The summed E-state index contributed by atoms with van der Waals surface area (Å²) in [5, 5.41) is 0. The summed E-state index contributed by atoms with van der Waals surface area (Å²) in [5.74, 6) is 1.25. The van der Waals surface area contributed by atoms with Crippen LogP contribution in [0.2, 0.25) is 0 Å². The van der Waals surface area contributed by atoms with Crippen molar-refractivity contribution in [3.8, 4) is 11.5 Å². The fraction of sp³-hybridized carbons (Fsp3) is 0.462. The van der Waals surface area contributed by atoms with Crippen LogP contribution in [0.25, 0.3) is 0 Å². The Balaban J connectivity index is 1.65. The molecule has 0 spiro atoms. The summed E-state index contributed by atoms with van der Waals surface area (Å²) in [4.78, 5) is 10.9. The predicted octanol–water partition coefficient (Wildman–Crippen LogP) is 1.05. The molecular weight excluding hydrogens is 236 g/mol. The van der Waals surface area contributed by atoms with Gasteiger partial charge in [0.25, 0.3) is 0 Å². The van der Waals surface area contributed by atoms with Crippen LogP contribution in [0.15, 0.2) is 18.2 Å². The lowest BCUT2D eigenvalue weighted by Crippen LogP contribution is -2.06. The number of aldehydes is 1. The Morgan fingerprint density at radius 2 is 1.56 bits per heavy atom. The van der Waals surface area contributed by atoms with E-state index >= 15 is 0 Å². The standard InChI is InChI=1S/C13H14O5/c14-4-9-1-10(15-5-12-7-17-12)3-11(2-9)16-6-13-8-18-13/h1-4,12-13H,5-8H2. The number of carbonyl (C=O) groups is 1. The Hall–Kier alpha value is -1.59. The lowest BCUT2D eigenvalue weighted by Gasteiger charge is -2.09. The quantitative estimate of drug-likeness (QED) is 0.535. The molecule has 0 N–H and O–H groups in total. The summed E-state index contributed by atoms with van der Waals surface area (Å²) in [6.45, 7) is 2.51. The van der Waals surface area contributed by atoms with Crippen LogP contribution in [0.1, 0.15) is 10.4 Å². The zero-order valence-electron chi connectivity index (χ0n) is 9.83. The minimum Gasteiger partial charge on any atom is -0.491 e. The highest BCUT2D eigenvalue weighted by molar-refractivity contribution is 5.76. The van der Waals surface area contributed by atoms with E-state index in [0.29, 0.717) is 30.3 Å². The molecule has 0 aliphatic carbocycles. The molecule has 96 valence electrons.